The van der Waals surface area contributed by atoms with Crippen LogP contribution in [0.5, 0.6) is 0 Å². The van der Waals surface area contributed by atoms with E-state index in [2.05, 4.69) is 0 Å². The van der Waals surface area contributed by atoms with E-state index < -0.39 is 54.8 Å². The average Bonchev–Trinajstić information content (AvgIpc) is 2.65. The van der Waals surface area contributed by atoms with Crippen molar-refractivity contribution in [2.75, 3.05) is 5.73 Å². The minimum Gasteiger partial charge on any atom is -0.399 e. The predicted octanol–water partition coefficient (Wildman–Crippen LogP) is 5.91. The molecular weight excluding hydrogens is 472 g/mol. The van der Waals surface area contributed by atoms with Crippen molar-refractivity contribution in [2.45, 2.75) is 57.2 Å². The van der Waals surface area contributed by atoms with E-state index in [1.807, 2.05) is 0 Å². The lowest BCUT2D eigenvalue weighted by Gasteiger charge is -2.40. The Kier molecular flexibility index (Phi) is 7.09. The number of benzene rings is 1. The van der Waals surface area contributed by atoms with E-state index in [9.17, 15) is 43.9 Å². The number of alkyl halides is 10. The highest BCUT2D eigenvalue weighted by Crippen LogP contribution is 2.53. The molecule has 0 saturated heterocycles. The van der Waals surface area contributed by atoms with Gasteiger partial charge in [-0.3, -0.25) is 0 Å². The van der Waals surface area contributed by atoms with Gasteiger partial charge in [-0.25, -0.2) is 4.39 Å². The molecule has 1 aliphatic carbocycles. The van der Waals surface area contributed by atoms with Crippen molar-refractivity contribution in [3.8, 4) is 0 Å². The van der Waals surface area contributed by atoms with Gasteiger partial charge < -0.3 is 16.4 Å². The molecule has 0 bridgehead atoms. The topological polar surface area (TPSA) is 55.3 Å². The van der Waals surface area contributed by atoms with E-state index >= 15 is 0 Å². The van der Waals surface area contributed by atoms with Gasteiger partial charge in [0.15, 0.2) is 6.17 Å². The summed E-state index contributed by atoms with van der Waals surface area (Å²) in [5.41, 5.74) is 4.67. The van der Waals surface area contributed by atoms with Gasteiger partial charge in [-0.1, -0.05) is 25.1 Å². The number of aryl methyl sites for hydroxylation is 1. The number of nitrogens with zero attached hydrogens (tertiary/aromatic N) is 1. The van der Waals surface area contributed by atoms with Crippen LogP contribution in [0.15, 0.2) is 41.6 Å². The molecule has 0 heterocycles. The van der Waals surface area contributed by atoms with Crippen LogP contribution in [-0.4, -0.2) is 35.3 Å². The molecule has 1 aromatic rings. The van der Waals surface area contributed by atoms with Gasteiger partial charge in [0.2, 0.25) is 0 Å². The maximum atomic E-state index is 14.4. The number of halogens is 10. The molecule has 3 nitrogen and oxygen atoms in total. The summed E-state index contributed by atoms with van der Waals surface area (Å²) in [6.07, 6.45) is -20.5. The number of rotatable bonds is 5. The molecule has 1 unspecified atom stereocenters. The van der Waals surface area contributed by atoms with Gasteiger partial charge in [-0.05, 0) is 48.1 Å². The Hall–Kier alpha value is -2.44. The second-order valence-corrected chi connectivity index (χ2v) is 7.85. The Bertz CT molecular complexity index is 913. The van der Waals surface area contributed by atoms with E-state index in [0.717, 1.165) is 6.92 Å². The molecule has 0 saturated carbocycles. The highest BCUT2D eigenvalue weighted by atomic mass is 19.4. The van der Waals surface area contributed by atoms with Crippen molar-refractivity contribution >= 4 is 5.69 Å². The maximum absolute atomic E-state index is 14.4. The summed E-state index contributed by atoms with van der Waals surface area (Å²) in [5.74, 6) is -1.34. The Labute approximate surface area is 182 Å². The fraction of sp³-hybridized carbons (Fsp3) is 0.500. The molecule has 2 atom stereocenters. The van der Waals surface area contributed by atoms with Crippen LogP contribution in [0.4, 0.5) is 49.6 Å². The van der Waals surface area contributed by atoms with Crippen molar-refractivity contribution < 1.29 is 43.9 Å². The van der Waals surface area contributed by atoms with Gasteiger partial charge in [-0.15, -0.1) is 0 Å². The Morgan fingerprint density at radius 3 is 1.94 bits per heavy atom. The highest BCUT2D eigenvalue weighted by molar-refractivity contribution is 5.47. The van der Waals surface area contributed by atoms with Crippen LogP contribution in [0, 0.1) is 12.8 Å². The van der Waals surface area contributed by atoms with Crippen LogP contribution in [0.25, 0.3) is 0 Å². The normalized spacial score (nSPS) is 19.1. The number of anilines is 1. The zero-order chi connectivity index (χ0) is 25.6. The van der Waals surface area contributed by atoms with E-state index in [0.29, 0.717) is 27.8 Å². The number of nitrogen functional groups attached to an aromatic ring is 1. The summed E-state index contributed by atoms with van der Waals surface area (Å²) in [6.45, 7) is 2.22. The SMILES string of the molecule is Cc1cc(CN(C2=CC=C(C(F)(C(F)(F)F)C(F)(F)F)C[C@H]2C)C(N)C(F)(F)F)ccc1N. The van der Waals surface area contributed by atoms with Crippen LogP contribution in [0.1, 0.15) is 24.5 Å². The third kappa shape index (κ3) is 5.22. The summed E-state index contributed by atoms with van der Waals surface area (Å²) < 4.78 is 133. The van der Waals surface area contributed by atoms with Crippen LogP contribution in [-0.2, 0) is 6.54 Å². The predicted molar refractivity (Wildman–Crippen MR) is 101 cm³/mol. The minimum absolute atomic E-state index is 0.223. The molecule has 0 aliphatic heterocycles. The largest absolute Gasteiger partial charge is 0.435 e. The Morgan fingerprint density at radius 2 is 1.52 bits per heavy atom. The van der Waals surface area contributed by atoms with Crippen LogP contribution in [0.3, 0.4) is 0 Å². The molecule has 0 spiro atoms. The van der Waals surface area contributed by atoms with Crippen molar-refractivity contribution in [1.82, 2.24) is 4.90 Å². The Balaban J connectivity index is 2.56. The fourth-order valence-electron chi connectivity index (χ4n) is 3.57. The quantitative estimate of drug-likeness (QED) is 0.305. The molecular formula is C20H21F10N3. The molecule has 13 heteroatoms. The standard InChI is InChI=1S/C20H21F10N3/c1-10-7-12(3-5-14(10)31)9-33(16(32)18(22,23)24)15-6-4-13(8-11(15)2)17(21,19(25,26)27)20(28,29)30/h3-7,11,16H,8-9,31-32H2,1-2H3/t11-,16?/m1/s1. The first kappa shape index (κ1) is 26.8. The Morgan fingerprint density at radius 1 is 0.970 bits per heavy atom. The lowest BCUT2D eigenvalue weighted by Crippen LogP contribution is -2.55. The zero-order valence-corrected chi connectivity index (χ0v) is 17.3. The van der Waals surface area contributed by atoms with Crippen molar-refractivity contribution in [1.29, 1.82) is 0 Å². The lowest BCUT2D eigenvalue weighted by molar-refractivity contribution is -0.327. The van der Waals surface area contributed by atoms with E-state index in [1.165, 1.54) is 18.2 Å². The molecule has 1 aliphatic rings. The fourth-order valence-corrected chi connectivity index (χ4v) is 3.57. The minimum atomic E-state index is -6.31. The van der Waals surface area contributed by atoms with Crippen LogP contribution < -0.4 is 11.5 Å². The van der Waals surface area contributed by atoms with Crippen molar-refractivity contribution in [3.63, 3.8) is 0 Å². The van der Waals surface area contributed by atoms with Crippen molar-refractivity contribution in [3.05, 3.63) is 52.7 Å². The third-order valence-corrected chi connectivity index (χ3v) is 5.40. The first-order valence-electron chi connectivity index (χ1n) is 9.48. The molecule has 0 fully saturated rings. The zero-order valence-electron chi connectivity index (χ0n) is 17.3. The van der Waals surface area contributed by atoms with Gasteiger partial charge in [0.05, 0.1) is 0 Å². The van der Waals surface area contributed by atoms with Crippen molar-refractivity contribution in [2.24, 2.45) is 11.7 Å². The second-order valence-electron chi connectivity index (χ2n) is 7.85. The number of allylic oxidation sites excluding steroid dienone is 4. The molecule has 186 valence electrons. The van der Waals surface area contributed by atoms with Gasteiger partial charge >= 0.3 is 24.2 Å². The molecule has 1 aromatic carbocycles. The number of hydrogen-bond donors (Lipinski definition) is 2. The van der Waals surface area contributed by atoms with Crippen LogP contribution in [0.2, 0.25) is 0 Å². The van der Waals surface area contributed by atoms with E-state index in [4.69, 9.17) is 11.5 Å². The molecule has 33 heavy (non-hydrogen) atoms. The molecule has 0 aromatic heterocycles. The monoisotopic (exact) mass is 493 g/mol. The third-order valence-electron chi connectivity index (χ3n) is 5.40. The van der Waals surface area contributed by atoms with Gasteiger partial charge in [0.25, 0.3) is 0 Å². The molecule has 2 rings (SSSR count). The molecule has 0 amide bonds. The number of hydrogen-bond acceptors (Lipinski definition) is 3. The summed E-state index contributed by atoms with van der Waals surface area (Å²) in [6, 6.07) is 4.32. The summed E-state index contributed by atoms with van der Waals surface area (Å²) >= 11 is 0. The number of nitrogens with two attached hydrogens (primary N) is 2. The van der Waals surface area contributed by atoms with Crippen LogP contribution >= 0.6 is 0 Å². The van der Waals surface area contributed by atoms with Gasteiger partial charge in [0, 0.05) is 17.9 Å². The summed E-state index contributed by atoms with van der Waals surface area (Å²) in [4.78, 5) is 0.615. The molecule has 4 N–H and O–H groups in total. The van der Waals surface area contributed by atoms with E-state index in [1.54, 1.807) is 6.92 Å². The van der Waals surface area contributed by atoms with Gasteiger partial charge in [0.1, 0.15) is 0 Å². The van der Waals surface area contributed by atoms with Gasteiger partial charge in [-0.2, -0.15) is 39.5 Å². The first-order valence-corrected chi connectivity index (χ1v) is 9.48. The lowest BCUT2D eigenvalue weighted by atomic mass is 9.82. The first-order chi connectivity index (χ1) is 14.8. The second kappa shape index (κ2) is 8.73. The highest BCUT2D eigenvalue weighted by Gasteiger charge is 2.74. The van der Waals surface area contributed by atoms with E-state index in [-0.39, 0.29) is 11.8 Å². The summed E-state index contributed by atoms with van der Waals surface area (Å²) in [5, 5.41) is 0. The maximum Gasteiger partial charge on any atom is 0.435 e. The smallest absolute Gasteiger partial charge is 0.399 e. The summed E-state index contributed by atoms with van der Waals surface area (Å²) in [7, 11) is 0. The average molecular weight is 493 g/mol. The molecule has 0 radical (unpaired) electrons.